The summed E-state index contributed by atoms with van der Waals surface area (Å²) in [5.41, 5.74) is 0. The first-order valence-corrected chi connectivity index (χ1v) is 11.7. The van der Waals surface area contributed by atoms with Gasteiger partial charge < -0.3 is 10.6 Å². The fraction of sp³-hybridized carbons (Fsp3) is 0.667. The molecule has 2 N–H and O–H groups in total. The highest BCUT2D eigenvalue weighted by Gasteiger charge is 2.56. The fourth-order valence-electron chi connectivity index (χ4n) is 4.11. The molecular formula is C18H26N2O4S2. The van der Waals surface area contributed by atoms with Gasteiger partial charge in [0.15, 0.2) is 9.84 Å². The molecule has 0 radical (unpaired) electrons. The van der Waals surface area contributed by atoms with Crippen LogP contribution in [0.4, 0.5) is 0 Å². The Morgan fingerprint density at radius 3 is 2.69 bits per heavy atom. The minimum Gasteiger partial charge on any atom is -0.356 e. The van der Waals surface area contributed by atoms with Gasteiger partial charge in [0.25, 0.3) is 0 Å². The maximum Gasteiger partial charge on any atom is 0.225 e. The molecule has 6 nitrogen and oxygen atoms in total. The van der Waals surface area contributed by atoms with Crippen molar-refractivity contribution in [2.75, 3.05) is 12.3 Å². The number of carbonyl (C=O) groups is 2. The van der Waals surface area contributed by atoms with Crippen LogP contribution in [0.2, 0.25) is 0 Å². The SMILES string of the molecule is CCC(=O)NCC1CC2(C1)CC(NC(=O)Cc1cccs1)CCS2(=O)=O. The summed E-state index contributed by atoms with van der Waals surface area (Å²) < 4.78 is 24.5. The maximum absolute atomic E-state index is 12.6. The normalized spacial score (nSPS) is 29.7. The summed E-state index contributed by atoms with van der Waals surface area (Å²) in [6.45, 7) is 2.34. The van der Waals surface area contributed by atoms with E-state index in [1.165, 1.54) is 0 Å². The second kappa shape index (κ2) is 7.68. The van der Waals surface area contributed by atoms with Crippen LogP contribution in [0.15, 0.2) is 17.5 Å². The van der Waals surface area contributed by atoms with Crippen LogP contribution in [0.5, 0.6) is 0 Å². The van der Waals surface area contributed by atoms with E-state index >= 15 is 0 Å². The molecule has 1 unspecified atom stereocenters. The number of sulfone groups is 1. The highest BCUT2D eigenvalue weighted by Crippen LogP contribution is 2.49. The Kier molecular flexibility index (Phi) is 5.72. The average molecular weight is 399 g/mol. The quantitative estimate of drug-likeness (QED) is 0.762. The van der Waals surface area contributed by atoms with Gasteiger partial charge in [-0.05, 0) is 43.0 Å². The molecular weight excluding hydrogens is 372 g/mol. The van der Waals surface area contributed by atoms with Gasteiger partial charge >= 0.3 is 0 Å². The lowest BCUT2D eigenvalue weighted by Crippen LogP contribution is -2.60. The number of thiophene rings is 1. The van der Waals surface area contributed by atoms with Crippen LogP contribution in [0.1, 0.15) is 43.9 Å². The lowest BCUT2D eigenvalue weighted by Gasteiger charge is -2.51. The molecule has 1 aliphatic carbocycles. The summed E-state index contributed by atoms with van der Waals surface area (Å²) >= 11 is 1.55. The van der Waals surface area contributed by atoms with Gasteiger partial charge in [0.05, 0.1) is 16.9 Å². The first-order chi connectivity index (χ1) is 12.3. The number of carbonyl (C=O) groups excluding carboxylic acids is 2. The monoisotopic (exact) mass is 398 g/mol. The zero-order valence-electron chi connectivity index (χ0n) is 15.0. The third kappa shape index (κ3) is 4.11. The Morgan fingerprint density at radius 1 is 1.27 bits per heavy atom. The van der Waals surface area contributed by atoms with Crippen molar-refractivity contribution in [2.24, 2.45) is 5.92 Å². The zero-order valence-corrected chi connectivity index (χ0v) is 16.6. The van der Waals surface area contributed by atoms with E-state index in [9.17, 15) is 18.0 Å². The van der Waals surface area contributed by atoms with E-state index in [-0.39, 0.29) is 29.5 Å². The van der Waals surface area contributed by atoms with Crippen molar-refractivity contribution in [3.8, 4) is 0 Å². The molecule has 0 aromatic carbocycles. The first-order valence-electron chi connectivity index (χ1n) is 9.14. The van der Waals surface area contributed by atoms with Gasteiger partial charge in [-0.3, -0.25) is 9.59 Å². The van der Waals surface area contributed by atoms with E-state index in [4.69, 9.17) is 0 Å². The minimum atomic E-state index is -3.14. The summed E-state index contributed by atoms with van der Waals surface area (Å²) in [4.78, 5) is 24.6. The fourth-order valence-corrected chi connectivity index (χ4v) is 7.27. The Bertz CT molecular complexity index is 752. The molecule has 1 saturated heterocycles. The van der Waals surface area contributed by atoms with Crippen LogP contribution in [-0.2, 0) is 25.8 Å². The molecule has 1 aromatic rings. The molecule has 2 amide bonds. The van der Waals surface area contributed by atoms with Crippen LogP contribution >= 0.6 is 11.3 Å². The van der Waals surface area contributed by atoms with Gasteiger partial charge in [0.1, 0.15) is 0 Å². The highest BCUT2D eigenvalue weighted by molar-refractivity contribution is 7.92. The second-order valence-corrected chi connectivity index (χ2v) is 11.0. The highest BCUT2D eigenvalue weighted by atomic mass is 32.2. The maximum atomic E-state index is 12.6. The Morgan fingerprint density at radius 2 is 2.04 bits per heavy atom. The molecule has 26 heavy (non-hydrogen) atoms. The molecule has 8 heteroatoms. The lowest BCUT2D eigenvalue weighted by molar-refractivity contribution is -0.122. The third-order valence-corrected chi connectivity index (χ3v) is 8.99. The van der Waals surface area contributed by atoms with E-state index in [0.29, 0.717) is 45.1 Å². The topological polar surface area (TPSA) is 92.3 Å². The van der Waals surface area contributed by atoms with Crippen molar-refractivity contribution >= 4 is 33.0 Å². The van der Waals surface area contributed by atoms with Gasteiger partial charge in [-0.15, -0.1) is 11.3 Å². The lowest BCUT2D eigenvalue weighted by atomic mass is 9.70. The van der Waals surface area contributed by atoms with Gasteiger partial charge in [0.2, 0.25) is 11.8 Å². The van der Waals surface area contributed by atoms with Crippen LogP contribution in [0.3, 0.4) is 0 Å². The van der Waals surface area contributed by atoms with E-state index in [0.717, 1.165) is 4.88 Å². The number of amides is 2. The molecule has 1 atom stereocenters. The summed E-state index contributed by atoms with van der Waals surface area (Å²) in [6.07, 6.45) is 2.92. The van der Waals surface area contributed by atoms with E-state index in [2.05, 4.69) is 10.6 Å². The van der Waals surface area contributed by atoms with E-state index in [1.807, 2.05) is 17.5 Å². The van der Waals surface area contributed by atoms with Crippen molar-refractivity contribution in [3.63, 3.8) is 0 Å². The summed E-state index contributed by atoms with van der Waals surface area (Å²) in [6, 6.07) is 3.76. The molecule has 1 aromatic heterocycles. The molecule has 2 heterocycles. The molecule has 0 bridgehead atoms. The Hall–Kier alpha value is -1.41. The molecule has 2 fully saturated rings. The van der Waals surface area contributed by atoms with Crippen molar-refractivity contribution in [2.45, 2.75) is 56.2 Å². The molecule has 2 aliphatic rings. The number of nitrogens with one attached hydrogen (secondary N) is 2. The number of hydrogen-bond acceptors (Lipinski definition) is 5. The smallest absolute Gasteiger partial charge is 0.225 e. The summed E-state index contributed by atoms with van der Waals surface area (Å²) in [5.74, 6) is 0.292. The summed E-state index contributed by atoms with van der Waals surface area (Å²) in [5, 5.41) is 7.82. The van der Waals surface area contributed by atoms with Crippen molar-refractivity contribution in [1.82, 2.24) is 10.6 Å². The average Bonchev–Trinajstić information content (AvgIpc) is 3.05. The number of rotatable bonds is 6. The Labute approximate surface area is 158 Å². The number of hydrogen-bond donors (Lipinski definition) is 2. The minimum absolute atomic E-state index is 0.00355. The third-order valence-electron chi connectivity index (χ3n) is 5.52. The van der Waals surface area contributed by atoms with Crippen LogP contribution in [0.25, 0.3) is 0 Å². The zero-order chi connectivity index (χ0) is 18.8. The molecule has 1 spiro atoms. The van der Waals surface area contributed by atoms with Gasteiger partial charge in [0, 0.05) is 23.9 Å². The van der Waals surface area contributed by atoms with Crippen LogP contribution < -0.4 is 10.6 Å². The van der Waals surface area contributed by atoms with Crippen molar-refractivity contribution in [3.05, 3.63) is 22.4 Å². The van der Waals surface area contributed by atoms with Gasteiger partial charge in [-0.1, -0.05) is 13.0 Å². The molecule has 1 saturated carbocycles. The largest absolute Gasteiger partial charge is 0.356 e. The summed E-state index contributed by atoms with van der Waals surface area (Å²) in [7, 11) is -3.14. The molecule has 144 valence electrons. The van der Waals surface area contributed by atoms with Crippen LogP contribution in [-0.4, -0.2) is 43.3 Å². The standard InChI is InChI=1S/C18H26N2O4S2/c1-2-16(21)19-12-13-9-18(10-13)11-14(5-7-26(18,23)24)20-17(22)8-15-4-3-6-25-15/h3-4,6,13-14H,2,5,7-12H2,1H3,(H,19,21)(H,20,22). The van der Waals surface area contributed by atoms with Gasteiger partial charge in [-0.25, -0.2) is 8.42 Å². The van der Waals surface area contributed by atoms with E-state index < -0.39 is 14.6 Å². The van der Waals surface area contributed by atoms with Crippen LogP contribution in [0, 0.1) is 5.92 Å². The van der Waals surface area contributed by atoms with E-state index in [1.54, 1.807) is 18.3 Å². The second-order valence-electron chi connectivity index (χ2n) is 7.45. The van der Waals surface area contributed by atoms with Gasteiger partial charge in [-0.2, -0.15) is 0 Å². The molecule has 1 aliphatic heterocycles. The molecule has 3 rings (SSSR count). The van der Waals surface area contributed by atoms with Crippen molar-refractivity contribution < 1.29 is 18.0 Å². The predicted molar refractivity (Wildman–Crippen MR) is 102 cm³/mol. The predicted octanol–water partition coefficient (Wildman–Crippen LogP) is 1.66. The van der Waals surface area contributed by atoms with Crippen molar-refractivity contribution in [1.29, 1.82) is 0 Å². The Balaban J connectivity index is 1.54. The first kappa shape index (κ1) is 19.4.